The summed E-state index contributed by atoms with van der Waals surface area (Å²) in [6.07, 6.45) is 30.1. The molecule has 1 rings (SSSR count). The quantitative estimate of drug-likeness (QED) is 0.0260. The number of hydrogen-bond acceptors (Lipinski definition) is 11. The predicted molar refractivity (Wildman–Crippen MR) is 230 cm³/mol. The fourth-order valence-electron chi connectivity index (χ4n) is 7.62. The number of carbonyl (C=O) groups is 1. The maximum atomic E-state index is 12.8. The van der Waals surface area contributed by atoms with Crippen LogP contribution in [0.15, 0.2) is 0 Å². The lowest BCUT2D eigenvalue weighted by Gasteiger charge is -2.41. The minimum atomic E-state index is -5.05. The van der Waals surface area contributed by atoms with Crippen molar-refractivity contribution < 1.29 is 56.2 Å². The lowest BCUT2D eigenvalue weighted by Crippen LogP contribution is -2.60. The van der Waals surface area contributed by atoms with Crippen LogP contribution in [0.4, 0.5) is 0 Å². The Hall–Kier alpha value is -0.900. The van der Waals surface area contributed by atoms with Gasteiger partial charge in [-0.05, 0) is 12.8 Å². The highest BCUT2D eigenvalue weighted by molar-refractivity contribution is 7.80. The molecular formula is C45H88O12S. The zero-order valence-corrected chi connectivity index (χ0v) is 37.7. The molecule has 0 aliphatic carbocycles. The Kier molecular flexibility index (Phi) is 35.9. The van der Waals surface area contributed by atoms with Gasteiger partial charge in [-0.3, -0.25) is 9.35 Å². The first-order valence-corrected chi connectivity index (χ1v) is 25.2. The van der Waals surface area contributed by atoms with E-state index < -0.39 is 59.8 Å². The van der Waals surface area contributed by atoms with Crippen LogP contribution in [0.2, 0.25) is 0 Å². The average molecular weight is 853 g/mol. The summed E-state index contributed by atoms with van der Waals surface area (Å²) in [6.45, 7) is 4.01. The summed E-state index contributed by atoms with van der Waals surface area (Å²) in [5, 5.41) is 30.6. The van der Waals surface area contributed by atoms with E-state index in [0.717, 1.165) is 38.5 Å². The molecule has 346 valence electrons. The third kappa shape index (κ3) is 31.0. The first-order chi connectivity index (χ1) is 28.1. The molecule has 1 heterocycles. The molecule has 0 saturated carbocycles. The van der Waals surface area contributed by atoms with Crippen LogP contribution in [0.25, 0.3) is 0 Å². The Morgan fingerprint density at radius 3 is 1.38 bits per heavy atom. The van der Waals surface area contributed by atoms with Gasteiger partial charge in [-0.15, -0.1) is 0 Å². The van der Waals surface area contributed by atoms with Gasteiger partial charge in [-0.25, -0.2) is 4.18 Å². The van der Waals surface area contributed by atoms with E-state index >= 15 is 0 Å². The number of aliphatic hydroxyl groups excluding tert-OH is 3. The second-order valence-corrected chi connectivity index (χ2v) is 17.8. The van der Waals surface area contributed by atoms with Crippen LogP contribution in [0.1, 0.15) is 219 Å². The lowest BCUT2D eigenvalue weighted by molar-refractivity contribution is -0.301. The minimum absolute atomic E-state index is 0.0436. The standard InChI is InChI=1S/C45H88O12S/c1-3-5-7-9-11-13-14-15-16-17-18-19-20-21-22-23-24-25-26-28-30-32-34-41(47)55-39(37-53-35-33-31-29-27-12-10-8-6-4-2)38-54-45-43(49)44(57-58(50,51)52)42(48)40(36-46)56-45/h39-40,42-46,48-49H,3-38H2,1-2H3,(H,50,51,52). The van der Waals surface area contributed by atoms with Gasteiger partial charge < -0.3 is 34.3 Å². The van der Waals surface area contributed by atoms with Gasteiger partial charge in [0.15, 0.2) is 6.29 Å². The van der Waals surface area contributed by atoms with Crippen molar-refractivity contribution in [2.24, 2.45) is 0 Å². The van der Waals surface area contributed by atoms with Crippen LogP contribution in [0.3, 0.4) is 0 Å². The Balaban J connectivity index is 2.30. The van der Waals surface area contributed by atoms with Crippen molar-refractivity contribution in [1.82, 2.24) is 0 Å². The van der Waals surface area contributed by atoms with Gasteiger partial charge >= 0.3 is 16.4 Å². The van der Waals surface area contributed by atoms with E-state index in [1.54, 1.807) is 0 Å². The predicted octanol–water partition coefficient (Wildman–Crippen LogP) is 10.1. The molecule has 0 aromatic heterocycles. The number of aliphatic hydroxyl groups is 3. The summed E-state index contributed by atoms with van der Waals surface area (Å²) < 4.78 is 59.0. The molecule has 6 unspecified atom stereocenters. The average Bonchev–Trinajstić information content (AvgIpc) is 3.19. The van der Waals surface area contributed by atoms with E-state index in [9.17, 15) is 28.5 Å². The maximum absolute atomic E-state index is 12.8. The zero-order chi connectivity index (χ0) is 42.5. The van der Waals surface area contributed by atoms with E-state index in [4.69, 9.17) is 23.5 Å². The van der Waals surface area contributed by atoms with E-state index in [-0.39, 0.29) is 19.6 Å². The number of carbonyl (C=O) groups excluding carboxylic acids is 1. The number of hydrogen-bond donors (Lipinski definition) is 4. The molecule has 1 aliphatic rings. The first kappa shape index (κ1) is 55.1. The smallest absolute Gasteiger partial charge is 0.397 e. The summed E-state index contributed by atoms with van der Waals surface area (Å²) in [6, 6.07) is 0. The van der Waals surface area contributed by atoms with Crippen LogP contribution < -0.4 is 0 Å². The number of esters is 1. The summed E-state index contributed by atoms with van der Waals surface area (Å²) >= 11 is 0. The minimum Gasteiger partial charge on any atom is -0.457 e. The molecule has 0 spiro atoms. The van der Waals surface area contributed by atoms with Crippen molar-refractivity contribution in [3.63, 3.8) is 0 Å². The van der Waals surface area contributed by atoms with Crippen LogP contribution in [-0.4, -0.2) is 97.5 Å². The van der Waals surface area contributed by atoms with Crippen LogP contribution in [0.5, 0.6) is 0 Å². The van der Waals surface area contributed by atoms with Crippen LogP contribution in [-0.2, 0) is 38.3 Å². The third-order valence-corrected chi connectivity index (χ3v) is 11.7. The topological polar surface area (TPSA) is 178 Å². The molecule has 0 aromatic carbocycles. The van der Waals surface area contributed by atoms with Crippen LogP contribution >= 0.6 is 0 Å². The molecule has 0 aromatic rings. The maximum Gasteiger partial charge on any atom is 0.397 e. The molecule has 0 amide bonds. The first-order valence-electron chi connectivity index (χ1n) is 23.8. The zero-order valence-electron chi connectivity index (χ0n) is 36.9. The Bertz CT molecular complexity index is 1030. The second-order valence-electron chi connectivity index (χ2n) is 16.7. The third-order valence-electron chi connectivity index (χ3n) is 11.2. The molecule has 0 radical (unpaired) electrons. The molecule has 4 N–H and O–H groups in total. The van der Waals surface area contributed by atoms with Crippen molar-refractivity contribution in [3.8, 4) is 0 Å². The van der Waals surface area contributed by atoms with Gasteiger partial charge in [-0.1, -0.05) is 200 Å². The Morgan fingerprint density at radius 2 is 0.983 bits per heavy atom. The Labute approximate surface area is 354 Å². The van der Waals surface area contributed by atoms with Crippen molar-refractivity contribution in [2.45, 2.75) is 256 Å². The molecule has 6 atom stereocenters. The van der Waals surface area contributed by atoms with Gasteiger partial charge in [-0.2, -0.15) is 8.42 Å². The fourth-order valence-corrected chi connectivity index (χ4v) is 8.12. The molecule has 12 nitrogen and oxygen atoms in total. The highest BCUT2D eigenvalue weighted by atomic mass is 32.3. The van der Waals surface area contributed by atoms with E-state index in [2.05, 4.69) is 18.0 Å². The fraction of sp³-hybridized carbons (Fsp3) is 0.978. The largest absolute Gasteiger partial charge is 0.457 e. The molecular weight excluding hydrogens is 765 g/mol. The van der Waals surface area contributed by atoms with Gasteiger partial charge in [0.2, 0.25) is 0 Å². The summed E-state index contributed by atoms with van der Waals surface area (Å²) in [4.78, 5) is 12.8. The summed E-state index contributed by atoms with van der Waals surface area (Å²) in [5.74, 6) is -0.394. The second kappa shape index (κ2) is 37.8. The van der Waals surface area contributed by atoms with Gasteiger partial charge in [0.1, 0.15) is 30.5 Å². The van der Waals surface area contributed by atoms with Gasteiger partial charge in [0.25, 0.3) is 0 Å². The monoisotopic (exact) mass is 853 g/mol. The normalized spacial score (nSPS) is 20.4. The van der Waals surface area contributed by atoms with E-state index in [0.29, 0.717) is 13.0 Å². The van der Waals surface area contributed by atoms with Crippen molar-refractivity contribution in [2.75, 3.05) is 26.4 Å². The van der Waals surface area contributed by atoms with Gasteiger partial charge in [0, 0.05) is 13.0 Å². The summed E-state index contributed by atoms with van der Waals surface area (Å²) in [7, 11) is -5.05. The lowest BCUT2D eigenvalue weighted by atomic mass is 9.99. The Morgan fingerprint density at radius 1 is 0.586 bits per heavy atom. The molecule has 58 heavy (non-hydrogen) atoms. The van der Waals surface area contributed by atoms with Gasteiger partial charge in [0.05, 0.1) is 19.8 Å². The van der Waals surface area contributed by atoms with Crippen molar-refractivity contribution in [3.05, 3.63) is 0 Å². The summed E-state index contributed by atoms with van der Waals surface area (Å²) in [5.41, 5.74) is 0. The molecule has 1 aliphatic heterocycles. The molecule has 13 heteroatoms. The number of unbranched alkanes of at least 4 members (excludes halogenated alkanes) is 29. The van der Waals surface area contributed by atoms with Crippen molar-refractivity contribution >= 4 is 16.4 Å². The molecule has 0 bridgehead atoms. The van der Waals surface area contributed by atoms with E-state index in [1.165, 1.54) is 154 Å². The number of rotatable bonds is 42. The van der Waals surface area contributed by atoms with Crippen molar-refractivity contribution in [1.29, 1.82) is 0 Å². The molecule has 1 fully saturated rings. The highest BCUT2D eigenvalue weighted by Crippen LogP contribution is 2.26. The number of ether oxygens (including phenoxy) is 4. The van der Waals surface area contributed by atoms with E-state index in [1.807, 2.05) is 0 Å². The van der Waals surface area contributed by atoms with Crippen LogP contribution in [0, 0.1) is 0 Å². The SMILES string of the molecule is CCCCCCCCCCCCCCCCCCCCCCCCC(=O)OC(COCCCCCCCCCCC)COC1OC(CO)C(O)C(OS(=O)(=O)O)C1O. The highest BCUT2D eigenvalue weighted by Gasteiger charge is 2.48. The molecule has 1 saturated heterocycles.